The molecule has 0 saturated carbocycles. The molecule has 2 rings (SSSR count). The predicted octanol–water partition coefficient (Wildman–Crippen LogP) is 4.82. The lowest BCUT2D eigenvalue weighted by atomic mass is 10.1. The maximum absolute atomic E-state index is 11.6. The lowest BCUT2D eigenvalue weighted by Crippen LogP contribution is -2.25. The van der Waals surface area contributed by atoms with Crippen LogP contribution in [-0.2, 0) is 9.53 Å². The number of esters is 1. The number of aromatic nitrogens is 2. The summed E-state index contributed by atoms with van der Waals surface area (Å²) in [7, 11) is 0. The quantitative estimate of drug-likeness (QED) is 0.385. The highest BCUT2D eigenvalue weighted by molar-refractivity contribution is 5.74. The van der Waals surface area contributed by atoms with Crippen molar-refractivity contribution in [2.75, 3.05) is 13.2 Å². The average Bonchev–Trinajstić information content (AvgIpc) is 2.72. The molecule has 0 radical (unpaired) electrons. The van der Waals surface area contributed by atoms with Gasteiger partial charge in [-0.2, -0.15) is 0 Å². The van der Waals surface area contributed by atoms with Gasteiger partial charge in [0.2, 0.25) is 5.88 Å². The Bertz CT molecular complexity index is 701. The summed E-state index contributed by atoms with van der Waals surface area (Å²) in [6.07, 6.45) is 8.69. The first-order chi connectivity index (χ1) is 13.6. The van der Waals surface area contributed by atoms with E-state index in [9.17, 15) is 4.79 Å². The molecule has 0 saturated heterocycles. The summed E-state index contributed by atoms with van der Waals surface area (Å²) in [5.41, 5.74) is 1.66. The number of unbranched alkanes of at least 4 members (excludes halogenated alkanes) is 4. The van der Waals surface area contributed by atoms with Crippen molar-refractivity contribution >= 4 is 5.97 Å². The van der Waals surface area contributed by atoms with Crippen molar-refractivity contribution in [2.24, 2.45) is 0 Å². The summed E-state index contributed by atoms with van der Waals surface area (Å²) in [6.45, 7) is 6.65. The average molecular weight is 386 g/mol. The third kappa shape index (κ3) is 7.18. The van der Waals surface area contributed by atoms with Crippen molar-refractivity contribution in [1.29, 1.82) is 0 Å². The van der Waals surface area contributed by atoms with E-state index >= 15 is 0 Å². The van der Waals surface area contributed by atoms with E-state index in [0.717, 1.165) is 17.7 Å². The number of carbonyl (C=O) groups excluding carboxylic acids is 1. The van der Waals surface area contributed by atoms with Crippen molar-refractivity contribution in [1.82, 2.24) is 9.97 Å². The van der Waals surface area contributed by atoms with Crippen LogP contribution >= 0.6 is 0 Å². The molecule has 0 aliphatic carbocycles. The number of ether oxygens (including phenoxy) is 3. The molecule has 1 unspecified atom stereocenters. The van der Waals surface area contributed by atoms with Crippen LogP contribution in [0.2, 0.25) is 0 Å². The molecule has 1 atom stereocenters. The van der Waals surface area contributed by atoms with Gasteiger partial charge in [0, 0.05) is 5.56 Å². The van der Waals surface area contributed by atoms with Gasteiger partial charge in [-0.1, -0.05) is 32.6 Å². The molecule has 28 heavy (non-hydrogen) atoms. The van der Waals surface area contributed by atoms with Crippen molar-refractivity contribution in [3.63, 3.8) is 0 Å². The maximum Gasteiger partial charge on any atom is 0.347 e. The van der Waals surface area contributed by atoms with Crippen LogP contribution in [0.15, 0.2) is 36.7 Å². The first kappa shape index (κ1) is 21.7. The van der Waals surface area contributed by atoms with Crippen LogP contribution in [0.4, 0.5) is 0 Å². The van der Waals surface area contributed by atoms with Gasteiger partial charge in [-0.3, -0.25) is 0 Å². The molecule has 0 amide bonds. The van der Waals surface area contributed by atoms with Gasteiger partial charge in [0.1, 0.15) is 5.75 Å². The largest absolute Gasteiger partial charge is 0.479 e. The topological polar surface area (TPSA) is 70.5 Å². The van der Waals surface area contributed by atoms with E-state index in [1.165, 1.54) is 25.7 Å². The molecule has 0 aliphatic heterocycles. The van der Waals surface area contributed by atoms with Gasteiger partial charge in [0.25, 0.3) is 0 Å². The fourth-order valence-corrected chi connectivity index (χ4v) is 2.64. The lowest BCUT2D eigenvalue weighted by molar-refractivity contribution is -0.150. The molecule has 1 aromatic carbocycles. The van der Waals surface area contributed by atoms with Crippen molar-refractivity contribution in [3.05, 3.63) is 36.7 Å². The predicted molar refractivity (Wildman–Crippen MR) is 108 cm³/mol. The number of rotatable bonds is 12. The number of carbonyl (C=O) groups is 1. The molecule has 0 spiro atoms. The summed E-state index contributed by atoms with van der Waals surface area (Å²) in [6, 6.07) is 7.36. The van der Waals surface area contributed by atoms with Crippen LogP contribution in [0.25, 0.3) is 11.3 Å². The van der Waals surface area contributed by atoms with E-state index in [-0.39, 0.29) is 5.97 Å². The van der Waals surface area contributed by atoms with Crippen LogP contribution < -0.4 is 9.47 Å². The molecule has 152 valence electrons. The van der Waals surface area contributed by atoms with Crippen LogP contribution in [0.3, 0.4) is 0 Å². The zero-order chi connectivity index (χ0) is 20.2. The molecule has 1 aromatic heterocycles. The van der Waals surface area contributed by atoms with Crippen molar-refractivity contribution < 1.29 is 19.0 Å². The molecule has 6 heteroatoms. The molecule has 0 N–H and O–H groups in total. The fraction of sp³-hybridized carbons (Fsp3) is 0.500. The fourth-order valence-electron chi connectivity index (χ4n) is 2.64. The van der Waals surface area contributed by atoms with Gasteiger partial charge in [-0.25, -0.2) is 14.8 Å². The molecular formula is C22H30N2O4. The minimum atomic E-state index is -0.649. The second-order valence-electron chi connectivity index (χ2n) is 6.54. The first-order valence-electron chi connectivity index (χ1n) is 10.0. The third-order valence-electron chi connectivity index (χ3n) is 4.21. The number of hydrogen-bond donors (Lipinski definition) is 0. The van der Waals surface area contributed by atoms with Gasteiger partial charge in [-0.05, 0) is 44.5 Å². The number of hydrogen-bond acceptors (Lipinski definition) is 6. The Hall–Kier alpha value is -2.63. The summed E-state index contributed by atoms with van der Waals surface area (Å²) in [5, 5.41) is 0. The summed E-state index contributed by atoms with van der Waals surface area (Å²) >= 11 is 0. The monoisotopic (exact) mass is 386 g/mol. The highest BCUT2D eigenvalue weighted by Crippen LogP contribution is 2.22. The maximum atomic E-state index is 11.6. The van der Waals surface area contributed by atoms with Gasteiger partial charge in [-0.15, -0.1) is 0 Å². The Morgan fingerprint density at radius 1 is 1.00 bits per heavy atom. The third-order valence-corrected chi connectivity index (χ3v) is 4.21. The molecule has 0 fully saturated rings. The van der Waals surface area contributed by atoms with Crippen molar-refractivity contribution in [2.45, 2.75) is 59.0 Å². The zero-order valence-electron chi connectivity index (χ0n) is 17.0. The number of nitrogens with zero attached hydrogens (tertiary/aromatic N) is 2. The van der Waals surface area contributed by atoms with Gasteiger partial charge >= 0.3 is 5.97 Å². The molecular weight excluding hydrogens is 356 g/mol. The molecule has 1 heterocycles. The highest BCUT2D eigenvalue weighted by Gasteiger charge is 2.15. The van der Waals surface area contributed by atoms with Gasteiger partial charge in [0.05, 0.1) is 31.3 Å². The zero-order valence-corrected chi connectivity index (χ0v) is 17.0. The van der Waals surface area contributed by atoms with E-state index in [1.54, 1.807) is 38.4 Å². The van der Waals surface area contributed by atoms with E-state index < -0.39 is 6.10 Å². The van der Waals surface area contributed by atoms with E-state index in [4.69, 9.17) is 14.2 Å². The minimum absolute atomic E-state index is 0.336. The van der Waals surface area contributed by atoms with Crippen LogP contribution in [-0.4, -0.2) is 35.3 Å². The normalized spacial score (nSPS) is 11.7. The minimum Gasteiger partial charge on any atom is -0.479 e. The molecule has 6 nitrogen and oxygen atoms in total. The summed E-state index contributed by atoms with van der Waals surface area (Å²) in [4.78, 5) is 20.4. The summed E-state index contributed by atoms with van der Waals surface area (Å²) in [5.74, 6) is 0.765. The Balaban J connectivity index is 1.84. The molecule has 2 aromatic rings. The van der Waals surface area contributed by atoms with E-state index in [1.807, 2.05) is 12.1 Å². The number of benzene rings is 1. The summed E-state index contributed by atoms with van der Waals surface area (Å²) < 4.78 is 16.2. The van der Waals surface area contributed by atoms with E-state index in [0.29, 0.717) is 24.8 Å². The first-order valence-corrected chi connectivity index (χ1v) is 10.0. The second-order valence-corrected chi connectivity index (χ2v) is 6.54. The SMILES string of the molecule is CCCCCCCOc1cnc(-c2ccc(OC(C)C(=O)OCC)cc2)cn1. The van der Waals surface area contributed by atoms with E-state index in [2.05, 4.69) is 16.9 Å². The molecule has 0 bridgehead atoms. The molecule has 0 aliphatic rings. The standard InChI is InChI=1S/C22H30N2O4/c1-4-6-7-8-9-14-27-21-16-23-20(15-24-21)18-10-12-19(13-11-18)28-17(3)22(25)26-5-2/h10-13,15-17H,4-9,14H2,1-3H3. The Labute approximate surface area is 167 Å². The van der Waals surface area contributed by atoms with Crippen LogP contribution in [0, 0.1) is 0 Å². The Morgan fingerprint density at radius 2 is 1.75 bits per heavy atom. The Kier molecular flexibility index (Phi) is 9.25. The van der Waals surface area contributed by atoms with Gasteiger partial charge < -0.3 is 14.2 Å². The van der Waals surface area contributed by atoms with Crippen LogP contribution in [0.5, 0.6) is 11.6 Å². The smallest absolute Gasteiger partial charge is 0.347 e. The highest BCUT2D eigenvalue weighted by atomic mass is 16.6. The Morgan fingerprint density at radius 3 is 2.39 bits per heavy atom. The van der Waals surface area contributed by atoms with Crippen molar-refractivity contribution in [3.8, 4) is 22.9 Å². The van der Waals surface area contributed by atoms with Gasteiger partial charge in [0.15, 0.2) is 6.10 Å². The second kappa shape index (κ2) is 12.0. The lowest BCUT2D eigenvalue weighted by Gasteiger charge is -2.13. The van der Waals surface area contributed by atoms with Crippen LogP contribution in [0.1, 0.15) is 52.9 Å².